The summed E-state index contributed by atoms with van der Waals surface area (Å²) in [4.78, 5) is 0. The molecule has 0 amide bonds. The van der Waals surface area contributed by atoms with E-state index in [1.807, 2.05) is 12.1 Å². The van der Waals surface area contributed by atoms with Gasteiger partial charge in [0.15, 0.2) is 0 Å². The van der Waals surface area contributed by atoms with Crippen LogP contribution in [0.5, 0.6) is 5.75 Å². The molecule has 0 spiro atoms. The Kier molecular flexibility index (Phi) is 3.16. The maximum atomic E-state index is 5.22. The van der Waals surface area contributed by atoms with Crippen LogP contribution in [0.3, 0.4) is 0 Å². The minimum atomic E-state index is -0.775. The van der Waals surface area contributed by atoms with E-state index in [-0.39, 0.29) is 0 Å². The van der Waals surface area contributed by atoms with Crippen molar-refractivity contribution in [3.05, 3.63) is 29.8 Å². The van der Waals surface area contributed by atoms with E-state index in [2.05, 4.69) is 0 Å². The van der Waals surface area contributed by atoms with Gasteiger partial charge >= 0.3 is 0 Å². The molecule has 0 aromatic heterocycles. The number of hydrogen-bond acceptors (Lipinski definition) is 4. The van der Waals surface area contributed by atoms with Crippen molar-refractivity contribution in [3.8, 4) is 5.75 Å². The highest BCUT2D eigenvalue weighted by atomic mass is 32.1. The Hall–Kier alpha value is -0.970. The van der Waals surface area contributed by atoms with Gasteiger partial charge in [-0.25, -0.2) is 0 Å². The van der Waals surface area contributed by atoms with Crippen LogP contribution < -0.4 is 16.2 Å². The maximum Gasteiger partial charge on any atom is 0.201 e. The first-order valence-corrected chi connectivity index (χ1v) is 3.92. The Balaban J connectivity index is 2.71. The fourth-order valence-electron chi connectivity index (χ4n) is 0.782. The third-order valence-corrected chi connectivity index (χ3v) is 1.56. The van der Waals surface area contributed by atoms with Crippen molar-refractivity contribution < 1.29 is 4.74 Å². The molecule has 0 bridgehead atoms. The van der Waals surface area contributed by atoms with Crippen molar-refractivity contribution in [2.45, 2.75) is 6.35 Å². The lowest BCUT2D eigenvalue weighted by Gasteiger charge is -2.08. The molecule has 0 saturated carbocycles. The van der Waals surface area contributed by atoms with Gasteiger partial charge in [0.25, 0.3) is 0 Å². The molecule has 0 aliphatic rings. The van der Waals surface area contributed by atoms with Crippen LogP contribution in [0.4, 0.5) is 0 Å². The number of thiocarbonyl (C=S) groups is 1. The van der Waals surface area contributed by atoms with Gasteiger partial charge in [-0.3, -0.25) is 11.5 Å². The number of benzene rings is 1. The van der Waals surface area contributed by atoms with Gasteiger partial charge in [-0.1, -0.05) is 24.4 Å². The molecule has 12 heavy (non-hydrogen) atoms. The van der Waals surface area contributed by atoms with Gasteiger partial charge in [0.1, 0.15) is 5.75 Å². The molecule has 4 heteroatoms. The zero-order chi connectivity index (χ0) is 8.97. The van der Waals surface area contributed by atoms with E-state index < -0.39 is 6.35 Å². The summed E-state index contributed by atoms with van der Waals surface area (Å²) in [6.45, 7) is 0. The molecule has 0 saturated heterocycles. The molecule has 0 heterocycles. The van der Waals surface area contributed by atoms with E-state index in [1.54, 1.807) is 17.5 Å². The Bertz CT molecular complexity index is 258. The van der Waals surface area contributed by atoms with Gasteiger partial charge < -0.3 is 4.74 Å². The van der Waals surface area contributed by atoms with Gasteiger partial charge in [-0.15, -0.1) is 0 Å². The third-order valence-electron chi connectivity index (χ3n) is 1.29. The summed E-state index contributed by atoms with van der Waals surface area (Å²) in [7, 11) is 0. The number of nitrogens with two attached hydrogens (primary N) is 2. The summed E-state index contributed by atoms with van der Waals surface area (Å²) in [6.07, 6.45) is -0.775. The van der Waals surface area contributed by atoms with Crippen LogP contribution in [0, 0.1) is 0 Å². The van der Waals surface area contributed by atoms with Crippen LogP contribution in [0.25, 0.3) is 0 Å². The van der Waals surface area contributed by atoms with Crippen LogP contribution in [-0.2, 0) is 0 Å². The fourth-order valence-corrected chi connectivity index (χ4v) is 0.939. The normalized spacial score (nSPS) is 9.92. The SMILES string of the molecule is NC(N)Oc1ccc(C=S)cc1. The zero-order valence-corrected chi connectivity index (χ0v) is 7.25. The number of rotatable bonds is 3. The summed E-state index contributed by atoms with van der Waals surface area (Å²) in [5.74, 6) is 0.644. The summed E-state index contributed by atoms with van der Waals surface area (Å²) in [5.41, 5.74) is 11.4. The van der Waals surface area contributed by atoms with E-state index in [0.29, 0.717) is 5.75 Å². The second kappa shape index (κ2) is 4.15. The average Bonchev–Trinajstić information content (AvgIpc) is 2.05. The average molecular weight is 182 g/mol. The van der Waals surface area contributed by atoms with Crippen LogP contribution in [-0.4, -0.2) is 11.7 Å². The molecular weight excluding hydrogens is 172 g/mol. The highest BCUT2D eigenvalue weighted by Crippen LogP contribution is 2.10. The first-order chi connectivity index (χ1) is 5.72. The molecule has 1 aromatic rings. The van der Waals surface area contributed by atoms with E-state index in [4.69, 9.17) is 28.4 Å². The topological polar surface area (TPSA) is 61.3 Å². The third kappa shape index (κ3) is 2.58. The first-order valence-electron chi connectivity index (χ1n) is 3.45. The molecule has 0 aliphatic heterocycles. The van der Waals surface area contributed by atoms with Crippen molar-refractivity contribution in [1.82, 2.24) is 0 Å². The summed E-state index contributed by atoms with van der Waals surface area (Å²) in [5, 5.41) is 1.59. The van der Waals surface area contributed by atoms with Crippen LogP contribution in [0.15, 0.2) is 24.3 Å². The molecule has 64 valence electrons. The Morgan fingerprint density at radius 3 is 2.25 bits per heavy atom. The monoisotopic (exact) mass is 182 g/mol. The Morgan fingerprint density at radius 1 is 1.25 bits per heavy atom. The second-order valence-corrected chi connectivity index (χ2v) is 2.51. The maximum absolute atomic E-state index is 5.22. The van der Waals surface area contributed by atoms with Crippen molar-refractivity contribution >= 4 is 17.6 Å². The Morgan fingerprint density at radius 2 is 1.83 bits per heavy atom. The summed E-state index contributed by atoms with van der Waals surface area (Å²) >= 11 is 4.73. The largest absolute Gasteiger partial charge is 0.463 e. The first kappa shape index (κ1) is 9.12. The van der Waals surface area contributed by atoms with Gasteiger partial charge in [0.05, 0.1) is 0 Å². The van der Waals surface area contributed by atoms with Crippen LogP contribution in [0.2, 0.25) is 0 Å². The lowest BCUT2D eigenvalue weighted by molar-refractivity contribution is 0.217. The quantitative estimate of drug-likeness (QED) is 0.531. The minimum absolute atomic E-state index is 0.644. The predicted molar refractivity (Wildman–Crippen MR) is 52.0 cm³/mol. The second-order valence-electron chi connectivity index (χ2n) is 2.27. The fraction of sp³-hybridized carbons (Fsp3) is 0.125. The van der Waals surface area contributed by atoms with Crippen molar-refractivity contribution in [1.29, 1.82) is 0 Å². The molecule has 0 radical (unpaired) electrons. The Labute approximate surface area is 76.3 Å². The lowest BCUT2D eigenvalue weighted by atomic mass is 10.2. The summed E-state index contributed by atoms with van der Waals surface area (Å²) < 4.78 is 5.02. The highest BCUT2D eigenvalue weighted by molar-refractivity contribution is 7.79. The van der Waals surface area contributed by atoms with Gasteiger partial charge in [0, 0.05) is 5.37 Å². The molecule has 0 atom stereocenters. The molecule has 1 rings (SSSR count). The van der Waals surface area contributed by atoms with Crippen LogP contribution in [0.1, 0.15) is 5.56 Å². The van der Waals surface area contributed by atoms with Crippen molar-refractivity contribution in [3.63, 3.8) is 0 Å². The number of ether oxygens (including phenoxy) is 1. The van der Waals surface area contributed by atoms with Crippen molar-refractivity contribution in [2.75, 3.05) is 0 Å². The molecule has 4 N–H and O–H groups in total. The van der Waals surface area contributed by atoms with E-state index >= 15 is 0 Å². The summed E-state index contributed by atoms with van der Waals surface area (Å²) in [6, 6.07) is 7.21. The molecular formula is C8H10N2OS. The molecule has 0 aliphatic carbocycles. The van der Waals surface area contributed by atoms with Gasteiger partial charge in [-0.2, -0.15) is 0 Å². The highest BCUT2D eigenvalue weighted by Gasteiger charge is 1.95. The van der Waals surface area contributed by atoms with E-state index in [1.165, 1.54) is 0 Å². The van der Waals surface area contributed by atoms with Gasteiger partial charge in [-0.05, 0) is 17.7 Å². The van der Waals surface area contributed by atoms with E-state index in [9.17, 15) is 0 Å². The predicted octanol–water partition coefficient (Wildman–Crippen LogP) is 0.614. The van der Waals surface area contributed by atoms with Crippen LogP contribution >= 0.6 is 12.2 Å². The lowest BCUT2D eigenvalue weighted by Crippen LogP contribution is -2.36. The molecule has 0 fully saturated rings. The van der Waals surface area contributed by atoms with E-state index in [0.717, 1.165) is 5.56 Å². The molecule has 0 unspecified atom stereocenters. The molecule has 3 nitrogen and oxygen atoms in total. The standard InChI is InChI=1S/C8H10N2OS/c9-8(10)11-7-3-1-6(5-12)2-4-7/h1-5,8H,9-10H2. The smallest absolute Gasteiger partial charge is 0.201 e. The van der Waals surface area contributed by atoms with Crippen molar-refractivity contribution in [2.24, 2.45) is 11.5 Å². The zero-order valence-electron chi connectivity index (χ0n) is 6.44. The minimum Gasteiger partial charge on any atom is -0.463 e. The molecule has 1 aromatic carbocycles. The van der Waals surface area contributed by atoms with Gasteiger partial charge in [0.2, 0.25) is 6.35 Å². The number of hydrogen-bond donors (Lipinski definition) is 2.